The summed E-state index contributed by atoms with van der Waals surface area (Å²) in [5.41, 5.74) is 5.17. The third-order valence-corrected chi connectivity index (χ3v) is 3.66. The fourth-order valence-electron chi connectivity index (χ4n) is 1.79. The minimum atomic E-state index is 0.994. The van der Waals surface area contributed by atoms with Crippen molar-refractivity contribution in [3.8, 4) is 0 Å². The maximum absolute atomic E-state index is 4.27. The SMILES string of the molecule is C(=NNc1ccccc1)c1csc2ccccc12. The van der Waals surface area contributed by atoms with E-state index in [9.17, 15) is 0 Å². The fourth-order valence-corrected chi connectivity index (χ4v) is 2.70. The van der Waals surface area contributed by atoms with Crippen LogP contribution >= 0.6 is 11.3 Å². The summed E-state index contributed by atoms with van der Waals surface area (Å²) < 4.78 is 1.29. The molecule has 0 spiro atoms. The molecule has 0 atom stereocenters. The number of nitrogens with zero attached hydrogens (tertiary/aromatic N) is 1. The third-order valence-electron chi connectivity index (χ3n) is 2.68. The summed E-state index contributed by atoms with van der Waals surface area (Å²) in [7, 11) is 0. The summed E-state index contributed by atoms with van der Waals surface area (Å²) in [4.78, 5) is 0. The van der Waals surface area contributed by atoms with E-state index in [0.717, 1.165) is 11.3 Å². The molecule has 0 unspecified atom stereocenters. The van der Waals surface area contributed by atoms with Gasteiger partial charge in [0.2, 0.25) is 0 Å². The van der Waals surface area contributed by atoms with E-state index in [4.69, 9.17) is 0 Å². The number of thiophene rings is 1. The second kappa shape index (κ2) is 5.02. The molecule has 0 aliphatic heterocycles. The van der Waals surface area contributed by atoms with E-state index in [0.29, 0.717) is 0 Å². The molecule has 0 aliphatic rings. The lowest BCUT2D eigenvalue weighted by molar-refractivity contribution is 1.35. The Morgan fingerprint density at radius 3 is 2.61 bits per heavy atom. The lowest BCUT2D eigenvalue weighted by Crippen LogP contribution is -1.89. The van der Waals surface area contributed by atoms with Gasteiger partial charge in [0.05, 0.1) is 11.9 Å². The molecule has 0 bridgehead atoms. The summed E-state index contributed by atoms with van der Waals surface area (Å²) in [6.07, 6.45) is 1.87. The normalized spacial score (nSPS) is 11.1. The highest BCUT2D eigenvalue weighted by atomic mass is 32.1. The van der Waals surface area contributed by atoms with Gasteiger partial charge >= 0.3 is 0 Å². The first-order valence-corrected chi connectivity index (χ1v) is 6.62. The van der Waals surface area contributed by atoms with Crippen molar-refractivity contribution < 1.29 is 0 Å². The van der Waals surface area contributed by atoms with Crippen LogP contribution in [0.1, 0.15) is 5.56 Å². The molecule has 0 aliphatic carbocycles. The van der Waals surface area contributed by atoms with E-state index in [-0.39, 0.29) is 0 Å². The molecule has 1 heterocycles. The van der Waals surface area contributed by atoms with Gasteiger partial charge in [0, 0.05) is 21.0 Å². The molecule has 0 saturated heterocycles. The molecular weight excluding hydrogens is 240 g/mol. The largest absolute Gasteiger partial charge is 0.279 e. The number of nitrogens with one attached hydrogen (secondary N) is 1. The summed E-state index contributed by atoms with van der Waals surface area (Å²) in [5, 5.41) is 7.64. The average Bonchev–Trinajstić information content (AvgIpc) is 2.84. The van der Waals surface area contributed by atoms with Gasteiger partial charge in [-0.1, -0.05) is 36.4 Å². The van der Waals surface area contributed by atoms with Gasteiger partial charge in [0.1, 0.15) is 0 Å². The van der Waals surface area contributed by atoms with Crippen molar-refractivity contribution in [3.63, 3.8) is 0 Å². The second-order valence-corrected chi connectivity index (χ2v) is 4.83. The van der Waals surface area contributed by atoms with Crippen LogP contribution in [0.4, 0.5) is 5.69 Å². The zero-order valence-electron chi connectivity index (χ0n) is 9.71. The van der Waals surface area contributed by atoms with E-state index >= 15 is 0 Å². The lowest BCUT2D eigenvalue weighted by Gasteiger charge is -1.97. The number of hydrogen-bond donors (Lipinski definition) is 1. The Balaban J connectivity index is 1.80. The van der Waals surface area contributed by atoms with Gasteiger partial charge in [-0.3, -0.25) is 5.43 Å². The highest BCUT2D eigenvalue weighted by Crippen LogP contribution is 2.24. The Morgan fingerprint density at radius 2 is 1.72 bits per heavy atom. The highest BCUT2D eigenvalue weighted by Gasteiger charge is 1.99. The number of hydrazone groups is 1. The van der Waals surface area contributed by atoms with Crippen molar-refractivity contribution in [2.75, 3.05) is 5.43 Å². The Hall–Kier alpha value is -2.13. The predicted octanol–water partition coefficient (Wildman–Crippen LogP) is 4.35. The Morgan fingerprint density at radius 1 is 0.944 bits per heavy atom. The van der Waals surface area contributed by atoms with Crippen LogP contribution in [-0.2, 0) is 0 Å². The van der Waals surface area contributed by atoms with Gasteiger partial charge in [-0.2, -0.15) is 5.10 Å². The summed E-state index contributed by atoms with van der Waals surface area (Å²) >= 11 is 1.74. The first-order chi connectivity index (χ1) is 8.93. The van der Waals surface area contributed by atoms with Crippen LogP contribution in [0.15, 0.2) is 65.1 Å². The summed E-state index contributed by atoms with van der Waals surface area (Å²) in [6, 6.07) is 18.3. The lowest BCUT2D eigenvalue weighted by atomic mass is 10.2. The van der Waals surface area contributed by atoms with Crippen molar-refractivity contribution in [2.45, 2.75) is 0 Å². The quantitative estimate of drug-likeness (QED) is 0.544. The highest BCUT2D eigenvalue weighted by molar-refractivity contribution is 7.17. The minimum absolute atomic E-state index is 0.994. The third kappa shape index (κ3) is 2.26. The Kier molecular flexibility index (Phi) is 3.07. The van der Waals surface area contributed by atoms with Crippen LogP contribution in [0.5, 0.6) is 0 Å². The van der Waals surface area contributed by atoms with E-state index in [1.807, 2.05) is 36.5 Å². The maximum atomic E-state index is 4.27. The van der Waals surface area contributed by atoms with E-state index in [1.54, 1.807) is 11.3 Å². The zero-order chi connectivity index (χ0) is 12.2. The molecule has 0 fully saturated rings. The molecule has 18 heavy (non-hydrogen) atoms. The Labute approximate surface area is 110 Å². The number of hydrogen-bond acceptors (Lipinski definition) is 3. The van der Waals surface area contributed by atoms with Crippen molar-refractivity contribution in [1.29, 1.82) is 0 Å². The number of benzene rings is 2. The van der Waals surface area contributed by atoms with Crippen LogP contribution in [0, 0.1) is 0 Å². The molecule has 2 aromatic carbocycles. The second-order valence-electron chi connectivity index (χ2n) is 3.92. The van der Waals surface area contributed by atoms with Crippen molar-refractivity contribution >= 4 is 33.3 Å². The molecule has 0 amide bonds. The van der Waals surface area contributed by atoms with Crippen molar-refractivity contribution in [2.24, 2.45) is 5.10 Å². The first kappa shape index (κ1) is 11.0. The van der Waals surface area contributed by atoms with Crippen LogP contribution in [-0.4, -0.2) is 6.21 Å². The van der Waals surface area contributed by atoms with E-state index in [1.165, 1.54) is 10.1 Å². The standard InChI is InChI=1S/C15H12N2S/c1-2-6-13(7-3-1)17-16-10-12-11-18-15-9-5-4-8-14(12)15/h1-11,17H. The summed E-state index contributed by atoms with van der Waals surface area (Å²) in [6.45, 7) is 0. The molecule has 88 valence electrons. The molecule has 1 N–H and O–H groups in total. The van der Waals surface area contributed by atoms with Gasteiger partial charge < -0.3 is 0 Å². The molecule has 0 saturated carbocycles. The zero-order valence-corrected chi connectivity index (χ0v) is 10.5. The number of para-hydroxylation sites is 1. The molecule has 3 aromatic rings. The van der Waals surface area contributed by atoms with Crippen molar-refractivity contribution in [1.82, 2.24) is 0 Å². The van der Waals surface area contributed by atoms with Gasteiger partial charge in [-0.15, -0.1) is 11.3 Å². The smallest absolute Gasteiger partial charge is 0.0561 e. The van der Waals surface area contributed by atoms with Gasteiger partial charge in [-0.25, -0.2) is 0 Å². The monoisotopic (exact) mass is 252 g/mol. The fraction of sp³-hybridized carbons (Fsp3) is 0. The van der Waals surface area contributed by atoms with E-state index in [2.05, 4.69) is 40.2 Å². The number of anilines is 1. The molecule has 0 radical (unpaired) electrons. The first-order valence-electron chi connectivity index (χ1n) is 5.74. The van der Waals surface area contributed by atoms with Crippen LogP contribution in [0.3, 0.4) is 0 Å². The van der Waals surface area contributed by atoms with Gasteiger partial charge in [-0.05, 0) is 18.2 Å². The number of fused-ring (bicyclic) bond motifs is 1. The van der Waals surface area contributed by atoms with Crippen LogP contribution < -0.4 is 5.43 Å². The van der Waals surface area contributed by atoms with E-state index < -0.39 is 0 Å². The average molecular weight is 252 g/mol. The molecule has 2 nitrogen and oxygen atoms in total. The molecule has 1 aromatic heterocycles. The van der Waals surface area contributed by atoms with Crippen molar-refractivity contribution in [3.05, 3.63) is 65.5 Å². The summed E-state index contributed by atoms with van der Waals surface area (Å²) in [5.74, 6) is 0. The topological polar surface area (TPSA) is 24.4 Å². The number of rotatable bonds is 3. The Bertz CT molecular complexity index is 671. The maximum Gasteiger partial charge on any atom is 0.0561 e. The van der Waals surface area contributed by atoms with Gasteiger partial charge in [0.25, 0.3) is 0 Å². The van der Waals surface area contributed by atoms with Gasteiger partial charge in [0.15, 0.2) is 0 Å². The minimum Gasteiger partial charge on any atom is -0.279 e. The van der Waals surface area contributed by atoms with Crippen LogP contribution in [0.25, 0.3) is 10.1 Å². The van der Waals surface area contributed by atoms with Crippen LogP contribution in [0.2, 0.25) is 0 Å². The predicted molar refractivity (Wildman–Crippen MR) is 79.5 cm³/mol. The molecular formula is C15H12N2S. The molecule has 3 rings (SSSR count). The molecule has 3 heteroatoms.